The monoisotopic (exact) mass is 530 g/mol. The second-order valence-corrected chi connectivity index (χ2v) is 11.2. The second kappa shape index (κ2) is 10.7. The number of hydrogen-bond donors (Lipinski definition) is 1. The molecule has 204 valence electrons. The fraction of sp³-hybridized carbons (Fsp3) is 0.552. The Morgan fingerprint density at radius 1 is 0.974 bits per heavy atom. The van der Waals surface area contributed by atoms with Crippen LogP contribution in [0.1, 0.15) is 62.6 Å². The molecule has 3 saturated heterocycles. The minimum absolute atomic E-state index is 0.114. The van der Waals surface area contributed by atoms with Crippen molar-refractivity contribution < 1.29 is 32.0 Å². The van der Waals surface area contributed by atoms with Crippen LogP contribution in [0.5, 0.6) is 0 Å². The molecule has 1 aromatic heterocycles. The number of carbonyl (C=O) groups is 2. The van der Waals surface area contributed by atoms with Crippen LogP contribution in [0, 0.1) is 5.92 Å². The van der Waals surface area contributed by atoms with E-state index in [1.165, 1.54) is 12.1 Å². The van der Waals surface area contributed by atoms with Crippen molar-refractivity contribution in [2.24, 2.45) is 5.92 Å². The Hall–Kier alpha value is -2.94. The molecule has 2 aromatic rings. The van der Waals surface area contributed by atoms with Gasteiger partial charge in [0, 0.05) is 18.8 Å². The summed E-state index contributed by atoms with van der Waals surface area (Å²) in [5.41, 5.74) is -0.662. The summed E-state index contributed by atoms with van der Waals surface area (Å²) in [5, 5.41) is 2.55. The van der Waals surface area contributed by atoms with E-state index < -0.39 is 17.3 Å². The van der Waals surface area contributed by atoms with Gasteiger partial charge in [0.25, 0.3) is 5.91 Å². The number of benzene rings is 1. The van der Waals surface area contributed by atoms with Crippen LogP contribution >= 0.6 is 0 Å². The van der Waals surface area contributed by atoms with E-state index in [0.717, 1.165) is 76.1 Å². The number of aromatic nitrogens is 1. The zero-order chi connectivity index (χ0) is 26.8. The maximum atomic E-state index is 13.9. The van der Waals surface area contributed by atoms with E-state index in [4.69, 9.17) is 4.74 Å². The summed E-state index contributed by atoms with van der Waals surface area (Å²) in [7, 11) is 0. The molecular weight excluding hydrogens is 495 g/mol. The third-order valence-corrected chi connectivity index (χ3v) is 8.76. The van der Waals surface area contributed by atoms with Gasteiger partial charge in [-0.15, -0.1) is 0 Å². The predicted octanol–water partition coefficient (Wildman–Crippen LogP) is 5.48. The average molecular weight is 531 g/mol. The van der Waals surface area contributed by atoms with Gasteiger partial charge in [-0.1, -0.05) is 62.1 Å². The first-order chi connectivity index (χ1) is 18.2. The van der Waals surface area contributed by atoms with Gasteiger partial charge >= 0.3 is 12.1 Å². The highest BCUT2D eigenvalue weighted by molar-refractivity contribution is 5.90. The molecular formula is C29H35F3N3O3+. The van der Waals surface area contributed by atoms with E-state index in [1.54, 1.807) is 0 Å². The molecule has 1 atom stereocenters. The van der Waals surface area contributed by atoms with Crippen LogP contribution in [-0.2, 0) is 25.9 Å². The van der Waals surface area contributed by atoms with Crippen molar-refractivity contribution in [3.8, 4) is 0 Å². The van der Waals surface area contributed by atoms with Crippen molar-refractivity contribution in [3.63, 3.8) is 0 Å². The molecule has 1 aromatic carbocycles. The topological polar surface area (TPSA) is 68.3 Å². The first-order valence-corrected chi connectivity index (χ1v) is 13.7. The van der Waals surface area contributed by atoms with E-state index in [9.17, 15) is 22.8 Å². The van der Waals surface area contributed by atoms with Gasteiger partial charge in [-0.25, -0.2) is 4.98 Å². The lowest BCUT2D eigenvalue weighted by atomic mass is 9.74. The van der Waals surface area contributed by atoms with Gasteiger partial charge in [0.15, 0.2) is 12.6 Å². The summed E-state index contributed by atoms with van der Waals surface area (Å²) in [5.74, 6) is -0.381. The highest BCUT2D eigenvalue weighted by atomic mass is 19.4. The van der Waals surface area contributed by atoms with Crippen molar-refractivity contribution >= 4 is 17.7 Å². The Morgan fingerprint density at radius 3 is 2.32 bits per heavy atom. The van der Waals surface area contributed by atoms with Gasteiger partial charge in [0.05, 0.1) is 18.5 Å². The lowest BCUT2D eigenvalue weighted by molar-refractivity contribution is -0.939. The summed E-state index contributed by atoms with van der Waals surface area (Å²) in [6.07, 6.45) is 2.61. The van der Waals surface area contributed by atoms with E-state index >= 15 is 0 Å². The van der Waals surface area contributed by atoms with Gasteiger partial charge in [0.1, 0.15) is 18.1 Å². The minimum atomic E-state index is -4.58. The maximum absolute atomic E-state index is 13.9. The Bertz CT molecular complexity index is 1140. The van der Waals surface area contributed by atoms with Crippen LogP contribution < -0.4 is 5.32 Å². The van der Waals surface area contributed by atoms with Crippen molar-refractivity contribution in [2.75, 3.05) is 31.5 Å². The molecule has 0 radical (unpaired) electrons. The molecule has 4 fully saturated rings. The smallest absolute Gasteiger partial charge is 0.433 e. The molecule has 1 amide bonds. The zero-order valence-electron chi connectivity index (χ0n) is 21.5. The molecule has 9 heteroatoms. The lowest BCUT2D eigenvalue weighted by Crippen LogP contribution is -2.66. The number of esters is 1. The number of piperidine rings is 3. The number of rotatable bonds is 6. The quantitative estimate of drug-likeness (QED) is 0.305. The number of hydrogen-bond acceptors (Lipinski definition) is 4. The van der Waals surface area contributed by atoms with Crippen molar-refractivity contribution in [1.29, 1.82) is 0 Å². The van der Waals surface area contributed by atoms with E-state index in [2.05, 4.69) is 10.3 Å². The van der Waals surface area contributed by atoms with Crippen LogP contribution in [0.3, 0.4) is 0 Å². The standard InChI is InChI=1S/C29H34F3N3O3/c30-29(31,32)24-11-8-12-25(33-24)34-26(36)20-35-17-13-21(14-18-35)23(19-35)38-27(37)28(15-6-1-2-7-16-28)22-9-4-3-5-10-22/h3-5,8-12,21,23H,1-2,6-7,13-20H2/p+1. The van der Waals surface area contributed by atoms with Crippen LogP contribution in [0.2, 0.25) is 0 Å². The van der Waals surface area contributed by atoms with Gasteiger partial charge in [0.2, 0.25) is 0 Å². The Balaban J connectivity index is 1.28. The molecule has 1 N–H and O–H groups in total. The number of nitrogens with one attached hydrogen (secondary N) is 1. The van der Waals surface area contributed by atoms with Gasteiger partial charge in [-0.3, -0.25) is 9.59 Å². The van der Waals surface area contributed by atoms with Crippen LogP contribution in [0.4, 0.5) is 19.0 Å². The number of amides is 1. The first kappa shape index (κ1) is 26.7. The summed E-state index contributed by atoms with van der Waals surface area (Å²) in [6, 6.07) is 13.4. The highest BCUT2D eigenvalue weighted by Crippen LogP contribution is 2.42. The number of ether oxygens (including phenoxy) is 1. The van der Waals surface area contributed by atoms with Crippen molar-refractivity contribution in [1.82, 2.24) is 4.98 Å². The van der Waals surface area contributed by atoms with Gasteiger partial charge in [-0.05, 0) is 30.5 Å². The number of anilines is 1. The fourth-order valence-corrected chi connectivity index (χ4v) is 6.68. The van der Waals surface area contributed by atoms with Crippen LogP contribution in [-0.4, -0.2) is 53.6 Å². The Labute approximate surface area is 221 Å². The van der Waals surface area contributed by atoms with E-state index in [0.29, 0.717) is 11.0 Å². The molecule has 4 heterocycles. The summed E-state index contributed by atoms with van der Waals surface area (Å²) < 4.78 is 45.9. The number of carbonyl (C=O) groups excluding carboxylic acids is 2. The zero-order valence-corrected chi connectivity index (χ0v) is 21.5. The Kier molecular flexibility index (Phi) is 7.49. The molecule has 2 bridgehead atoms. The average Bonchev–Trinajstić information content (AvgIpc) is 3.16. The first-order valence-electron chi connectivity index (χ1n) is 13.7. The lowest BCUT2D eigenvalue weighted by Gasteiger charge is -2.52. The highest BCUT2D eigenvalue weighted by Gasteiger charge is 2.51. The SMILES string of the molecule is O=C(C[N+]12CCC(CC1)C(OC(=O)C1(c3ccccc3)CCCCCC1)C2)Nc1cccc(C(F)(F)F)n1. The molecule has 1 unspecified atom stereocenters. The van der Waals surface area contributed by atoms with Crippen molar-refractivity contribution in [2.45, 2.75) is 69.1 Å². The molecule has 6 nitrogen and oxygen atoms in total. The molecule has 6 rings (SSSR count). The van der Waals surface area contributed by atoms with Gasteiger partial charge in [-0.2, -0.15) is 13.2 Å². The number of quaternary nitrogens is 1. The van der Waals surface area contributed by atoms with E-state index in [1.807, 2.05) is 30.3 Å². The summed E-state index contributed by atoms with van der Waals surface area (Å²) >= 11 is 0. The predicted molar refractivity (Wildman–Crippen MR) is 136 cm³/mol. The Morgan fingerprint density at radius 2 is 1.66 bits per heavy atom. The number of alkyl halides is 3. The second-order valence-electron chi connectivity index (χ2n) is 11.2. The third-order valence-electron chi connectivity index (χ3n) is 8.76. The van der Waals surface area contributed by atoms with Crippen molar-refractivity contribution in [3.05, 3.63) is 59.8 Å². The third kappa shape index (κ3) is 5.58. The van der Waals surface area contributed by atoms with Gasteiger partial charge < -0.3 is 14.5 Å². The molecule has 38 heavy (non-hydrogen) atoms. The fourth-order valence-electron chi connectivity index (χ4n) is 6.68. The molecule has 0 spiro atoms. The minimum Gasteiger partial charge on any atom is -0.455 e. The number of fused-ring (bicyclic) bond motifs is 3. The summed E-state index contributed by atoms with van der Waals surface area (Å²) in [6.45, 7) is 2.23. The molecule has 4 aliphatic rings. The number of pyridine rings is 1. The van der Waals surface area contributed by atoms with Crippen LogP contribution in [0.15, 0.2) is 48.5 Å². The van der Waals surface area contributed by atoms with E-state index in [-0.39, 0.29) is 36.3 Å². The largest absolute Gasteiger partial charge is 0.455 e. The number of halogens is 3. The molecule has 1 saturated carbocycles. The molecule has 3 aliphatic heterocycles. The summed E-state index contributed by atoms with van der Waals surface area (Å²) in [4.78, 5) is 30.4. The number of nitrogens with zero attached hydrogens (tertiary/aromatic N) is 2. The maximum Gasteiger partial charge on any atom is 0.433 e. The normalized spacial score (nSPS) is 26.8. The van der Waals surface area contributed by atoms with Crippen LogP contribution in [0.25, 0.3) is 0 Å². The molecule has 1 aliphatic carbocycles.